The minimum atomic E-state index is -3.56. The number of phenols is 1. The highest BCUT2D eigenvalue weighted by Gasteiger charge is 2.19. The molecular formula is C27H34N2O7S. The van der Waals surface area contributed by atoms with Gasteiger partial charge in [0.25, 0.3) is 0 Å². The zero-order valence-electron chi connectivity index (χ0n) is 21.4. The average molecular weight is 531 g/mol. The van der Waals surface area contributed by atoms with Crippen LogP contribution in [0.5, 0.6) is 23.0 Å². The Labute approximate surface area is 218 Å². The SMILES string of the molecule is COc1ccccc1CC(NCC(O)Cc1ccc(O)c(NS(C)(=O)=O)c1)c1ccc(OC)c(OC)c1. The third-order valence-electron chi connectivity index (χ3n) is 5.85. The third-order valence-corrected chi connectivity index (χ3v) is 6.44. The number of methoxy groups -OCH3 is 3. The van der Waals surface area contributed by atoms with Gasteiger partial charge < -0.3 is 29.7 Å². The molecule has 9 nitrogen and oxygen atoms in total. The summed E-state index contributed by atoms with van der Waals surface area (Å²) >= 11 is 0. The predicted molar refractivity (Wildman–Crippen MR) is 143 cm³/mol. The summed E-state index contributed by atoms with van der Waals surface area (Å²) in [6, 6.07) is 17.8. The van der Waals surface area contributed by atoms with Crippen LogP contribution in [0.25, 0.3) is 0 Å². The fraction of sp³-hybridized carbons (Fsp3) is 0.333. The first-order valence-electron chi connectivity index (χ1n) is 11.7. The van der Waals surface area contributed by atoms with E-state index in [4.69, 9.17) is 14.2 Å². The van der Waals surface area contributed by atoms with E-state index in [1.165, 1.54) is 12.1 Å². The zero-order valence-corrected chi connectivity index (χ0v) is 22.2. The van der Waals surface area contributed by atoms with Crippen LogP contribution >= 0.6 is 0 Å². The van der Waals surface area contributed by atoms with Gasteiger partial charge in [-0.1, -0.05) is 30.3 Å². The van der Waals surface area contributed by atoms with E-state index in [1.54, 1.807) is 27.4 Å². The van der Waals surface area contributed by atoms with Crippen LogP contribution in [0.3, 0.4) is 0 Å². The summed E-state index contributed by atoms with van der Waals surface area (Å²) in [5.74, 6) is 1.80. The molecule has 0 saturated carbocycles. The summed E-state index contributed by atoms with van der Waals surface area (Å²) in [6.07, 6.45) is 1.07. The van der Waals surface area contributed by atoms with E-state index in [0.29, 0.717) is 23.5 Å². The lowest BCUT2D eigenvalue weighted by Crippen LogP contribution is -2.32. The molecule has 0 aliphatic heterocycles. The monoisotopic (exact) mass is 530 g/mol. The molecule has 37 heavy (non-hydrogen) atoms. The standard InChI is InChI=1S/C27H34N2O7S/c1-34-25-8-6-5-7-20(25)15-22(19-10-12-26(35-2)27(16-19)36-3)28-17-21(30)13-18-9-11-24(31)23(14-18)29-37(4,32)33/h5-12,14,16,21-22,28-31H,13,15,17H2,1-4H3. The lowest BCUT2D eigenvalue weighted by molar-refractivity contribution is 0.167. The first-order valence-corrected chi connectivity index (χ1v) is 13.6. The van der Waals surface area contributed by atoms with Gasteiger partial charge in [-0.3, -0.25) is 4.72 Å². The average Bonchev–Trinajstić information content (AvgIpc) is 2.87. The minimum Gasteiger partial charge on any atom is -0.506 e. The summed E-state index contributed by atoms with van der Waals surface area (Å²) in [5, 5.41) is 24.2. The topological polar surface area (TPSA) is 126 Å². The van der Waals surface area contributed by atoms with Gasteiger partial charge in [0.1, 0.15) is 11.5 Å². The van der Waals surface area contributed by atoms with Gasteiger partial charge in [-0.25, -0.2) is 8.42 Å². The second kappa shape index (κ2) is 12.7. The van der Waals surface area contributed by atoms with Crippen LogP contribution in [-0.4, -0.2) is 58.9 Å². The van der Waals surface area contributed by atoms with Crippen molar-refractivity contribution < 1.29 is 32.8 Å². The highest BCUT2D eigenvalue weighted by atomic mass is 32.2. The molecule has 3 rings (SSSR count). The Hall–Kier alpha value is -3.47. The van der Waals surface area contributed by atoms with Gasteiger partial charge in [-0.15, -0.1) is 0 Å². The van der Waals surface area contributed by atoms with Crippen LogP contribution in [0.15, 0.2) is 60.7 Å². The molecule has 0 amide bonds. The molecule has 0 radical (unpaired) electrons. The molecule has 0 spiro atoms. The Morgan fingerprint density at radius 2 is 1.57 bits per heavy atom. The van der Waals surface area contributed by atoms with Gasteiger partial charge in [0.15, 0.2) is 11.5 Å². The van der Waals surface area contributed by atoms with E-state index in [-0.39, 0.29) is 30.4 Å². The molecule has 2 unspecified atom stereocenters. The molecule has 0 bridgehead atoms. The molecule has 0 aliphatic rings. The number of nitrogens with one attached hydrogen (secondary N) is 2. The summed E-state index contributed by atoms with van der Waals surface area (Å²) < 4.78 is 41.8. The van der Waals surface area contributed by atoms with Crippen LogP contribution in [0.1, 0.15) is 22.7 Å². The van der Waals surface area contributed by atoms with Crippen molar-refractivity contribution in [1.82, 2.24) is 5.32 Å². The number of sulfonamides is 1. The minimum absolute atomic E-state index is 0.0690. The molecule has 0 heterocycles. The van der Waals surface area contributed by atoms with Crippen molar-refractivity contribution in [2.75, 3.05) is 38.9 Å². The molecule has 3 aromatic rings. The number of anilines is 1. The predicted octanol–water partition coefficient (Wildman–Crippen LogP) is 3.27. The van der Waals surface area contributed by atoms with Crippen molar-refractivity contribution in [3.8, 4) is 23.0 Å². The fourth-order valence-corrected chi connectivity index (χ4v) is 4.65. The first-order chi connectivity index (χ1) is 17.6. The molecule has 0 aliphatic carbocycles. The molecule has 3 aromatic carbocycles. The van der Waals surface area contributed by atoms with Gasteiger partial charge in [-0.2, -0.15) is 0 Å². The lowest BCUT2D eigenvalue weighted by Gasteiger charge is -2.23. The van der Waals surface area contributed by atoms with Crippen LogP contribution in [0, 0.1) is 0 Å². The molecule has 0 saturated heterocycles. The number of aliphatic hydroxyl groups is 1. The number of rotatable bonds is 13. The number of aromatic hydroxyl groups is 1. The number of hydrogen-bond donors (Lipinski definition) is 4. The maximum Gasteiger partial charge on any atom is 0.229 e. The number of aliphatic hydroxyl groups excluding tert-OH is 1. The van der Waals surface area contributed by atoms with Gasteiger partial charge in [-0.05, 0) is 59.9 Å². The Morgan fingerprint density at radius 3 is 2.24 bits per heavy atom. The van der Waals surface area contributed by atoms with Crippen LogP contribution in [-0.2, 0) is 22.9 Å². The Balaban J connectivity index is 1.79. The van der Waals surface area contributed by atoms with Crippen molar-refractivity contribution in [1.29, 1.82) is 0 Å². The molecular weight excluding hydrogens is 496 g/mol. The normalized spacial score (nSPS) is 13.0. The number of hydrogen-bond acceptors (Lipinski definition) is 8. The van der Waals surface area contributed by atoms with Crippen LogP contribution < -0.4 is 24.2 Å². The fourth-order valence-electron chi connectivity index (χ4n) is 4.08. The second-order valence-corrected chi connectivity index (χ2v) is 10.4. The van der Waals surface area contributed by atoms with Crippen LogP contribution in [0.4, 0.5) is 5.69 Å². The molecule has 4 N–H and O–H groups in total. The quantitative estimate of drug-likeness (QED) is 0.248. The van der Waals surface area contributed by atoms with Gasteiger partial charge in [0, 0.05) is 12.6 Å². The van der Waals surface area contributed by atoms with Gasteiger partial charge >= 0.3 is 0 Å². The van der Waals surface area contributed by atoms with Crippen molar-refractivity contribution in [2.45, 2.75) is 25.0 Å². The van der Waals surface area contributed by atoms with E-state index >= 15 is 0 Å². The van der Waals surface area contributed by atoms with Gasteiger partial charge in [0.2, 0.25) is 10.0 Å². The van der Waals surface area contributed by atoms with E-state index in [1.807, 2.05) is 42.5 Å². The maximum atomic E-state index is 11.6. The number of phenolic OH excluding ortho intramolecular Hbond substituents is 1. The molecule has 2 atom stereocenters. The lowest BCUT2D eigenvalue weighted by atomic mass is 9.97. The largest absolute Gasteiger partial charge is 0.506 e. The summed E-state index contributed by atoms with van der Waals surface area (Å²) in [6.45, 7) is 0.254. The van der Waals surface area contributed by atoms with Crippen LogP contribution in [0.2, 0.25) is 0 Å². The number of para-hydroxylation sites is 1. The molecule has 10 heteroatoms. The summed E-state index contributed by atoms with van der Waals surface area (Å²) in [5.41, 5.74) is 2.69. The smallest absolute Gasteiger partial charge is 0.229 e. The zero-order chi connectivity index (χ0) is 27.0. The van der Waals surface area contributed by atoms with Crippen molar-refractivity contribution in [3.05, 3.63) is 77.4 Å². The summed E-state index contributed by atoms with van der Waals surface area (Å²) in [7, 11) is 1.24. The van der Waals surface area contributed by atoms with Crippen molar-refractivity contribution in [2.24, 2.45) is 0 Å². The van der Waals surface area contributed by atoms with Gasteiger partial charge in [0.05, 0.1) is 39.4 Å². The van der Waals surface area contributed by atoms with E-state index in [0.717, 1.165) is 23.1 Å². The summed E-state index contributed by atoms with van der Waals surface area (Å²) in [4.78, 5) is 0. The third kappa shape index (κ3) is 8.01. The molecule has 0 fully saturated rings. The number of benzene rings is 3. The van der Waals surface area contributed by atoms with E-state index in [2.05, 4.69) is 10.0 Å². The van der Waals surface area contributed by atoms with E-state index in [9.17, 15) is 18.6 Å². The van der Waals surface area contributed by atoms with Crippen molar-refractivity contribution >= 4 is 15.7 Å². The highest BCUT2D eigenvalue weighted by Crippen LogP contribution is 2.32. The number of ether oxygens (including phenoxy) is 3. The molecule has 200 valence electrons. The first kappa shape index (κ1) is 28.1. The van der Waals surface area contributed by atoms with Crippen molar-refractivity contribution in [3.63, 3.8) is 0 Å². The Morgan fingerprint density at radius 1 is 0.865 bits per heavy atom. The molecule has 0 aromatic heterocycles. The maximum absolute atomic E-state index is 11.6. The second-order valence-electron chi connectivity index (χ2n) is 8.67. The Bertz CT molecular complexity index is 1300. The highest BCUT2D eigenvalue weighted by molar-refractivity contribution is 7.92. The Kier molecular flexibility index (Phi) is 9.62. The van der Waals surface area contributed by atoms with E-state index < -0.39 is 16.1 Å².